The molecule has 0 saturated carbocycles. The molecule has 6 heteroatoms. The maximum absolute atomic E-state index is 12.8. The second kappa shape index (κ2) is 7.27. The van der Waals surface area contributed by atoms with E-state index < -0.39 is 5.97 Å². The monoisotopic (exact) mass is 345 g/mol. The maximum atomic E-state index is 12.8. The molecule has 0 spiro atoms. The first-order valence-electron chi connectivity index (χ1n) is 7.22. The quantitative estimate of drug-likeness (QED) is 0.642. The standard InChI is InChI=1S/C18H13ClFNO3/c19-14-5-3-13(4-6-14)17-10-16(21-24-17)11-23-18(22)9-12-1-7-15(20)8-2-12/h1-8,10H,9,11H2. The third-order valence-electron chi connectivity index (χ3n) is 3.33. The zero-order valence-corrected chi connectivity index (χ0v) is 13.3. The molecule has 0 aliphatic heterocycles. The van der Waals surface area contributed by atoms with Crippen LogP contribution in [0.3, 0.4) is 0 Å². The summed E-state index contributed by atoms with van der Waals surface area (Å²) in [5.41, 5.74) is 2.02. The van der Waals surface area contributed by atoms with Crippen LogP contribution in [-0.2, 0) is 22.6 Å². The normalized spacial score (nSPS) is 10.6. The van der Waals surface area contributed by atoms with Crippen molar-refractivity contribution in [2.45, 2.75) is 13.0 Å². The topological polar surface area (TPSA) is 52.3 Å². The number of rotatable bonds is 5. The Morgan fingerprint density at radius 2 is 1.83 bits per heavy atom. The predicted molar refractivity (Wildman–Crippen MR) is 86.8 cm³/mol. The van der Waals surface area contributed by atoms with Gasteiger partial charge in [0.25, 0.3) is 0 Å². The van der Waals surface area contributed by atoms with Gasteiger partial charge in [0.05, 0.1) is 6.42 Å². The van der Waals surface area contributed by atoms with Crippen molar-refractivity contribution in [3.8, 4) is 11.3 Å². The molecule has 1 heterocycles. The van der Waals surface area contributed by atoms with Gasteiger partial charge < -0.3 is 9.26 Å². The highest BCUT2D eigenvalue weighted by Crippen LogP contribution is 2.22. The van der Waals surface area contributed by atoms with Crippen molar-refractivity contribution >= 4 is 17.6 Å². The molecule has 2 aromatic carbocycles. The second-order valence-electron chi connectivity index (χ2n) is 5.15. The van der Waals surface area contributed by atoms with E-state index in [-0.39, 0.29) is 18.8 Å². The largest absolute Gasteiger partial charge is 0.459 e. The molecule has 0 aliphatic carbocycles. The minimum Gasteiger partial charge on any atom is -0.459 e. The predicted octanol–water partition coefficient (Wildman–Crippen LogP) is 4.42. The third kappa shape index (κ3) is 4.20. The molecular weight excluding hydrogens is 333 g/mol. The van der Waals surface area contributed by atoms with Crippen LogP contribution in [-0.4, -0.2) is 11.1 Å². The number of halogens is 2. The zero-order valence-electron chi connectivity index (χ0n) is 12.5. The number of carbonyl (C=O) groups excluding carboxylic acids is 1. The van der Waals surface area contributed by atoms with Crippen LogP contribution >= 0.6 is 11.6 Å². The third-order valence-corrected chi connectivity index (χ3v) is 3.58. The summed E-state index contributed by atoms with van der Waals surface area (Å²) in [6.45, 7) is 0.0110. The first-order chi connectivity index (χ1) is 11.6. The maximum Gasteiger partial charge on any atom is 0.310 e. The second-order valence-corrected chi connectivity index (χ2v) is 5.59. The average molecular weight is 346 g/mol. The molecular formula is C18H13ClFNO3. The van der Waals surface area contributed by atoms with E-state index in [9.17, 15) is 9.18 Å². The summed E-state index contributed by atoms with van der Waals surface area (Å²) in [5.74, 6) is -0.196. The summed E-state index contributed by atoms with van der Waals surface area (Å²) >= 11 is 5.84. The highest BCUT2D eigenvalue weighted by molar-refractivity contribution is 6.30. The lowest BCUT2D eigenvalue weighted by atomic mass is 10.1. The number of hydrogen-bond acceptors (Lipinski definition) is 4. The van der Waals surface area contributed by atoms with E-state index in [4.69, 9.17) is 20.9 Å². The van der Waals surface area contributed by atoms with Crippen LogP contribution in [0.15, 0.2) is 59.1 Å². The summed E-state index contributed by atoms with van der Waals surface area (Å²) < 4.78 is 23.2. The smallest absolute Gasteiger partial charge is 0.310 e. The van der Waals surface area contributed by atoms with Crippen molar-refractivity contribution in [2.75, 3.05) is 0 Å². The van der Waals surface area contributed by atoms with E-state index in [1.165, 1.54) is 12.1 Å². The molecule has 24 heavy (non-hydrogen) atoms. The van der Waals surface area contributed by atoms with Gasteiger partial charge in [0.15, 0.2) is 5.76 Å². The number of ether oxygens (including phenoxy) is 1. The lowest BCUT2D eigenvalue weighted by molar-refractivity contribution is -0.144. The summed E-state index contributed by atoms with van der Waals surface area (Å²) in [5, 5.41) is 4.50. The molecule has 1 aromatic heterocycles. The van der Waals surface area contributed by atoms with E-state index in [2.05, 4.69) is 5.16 Å². The summed E-state index contributed by atoms with van der Waals surface area (Å²) in [6, 6.07) is 14.5. The van der Waals surface area contributed by atoms with Crippen LogP contribution in [0.5, 0.6) is 0 Å². The molecule has 3 rings (SSSR count). The van der Waals surface area contributed by atoms with Crippen molar-refractivity contribution in [3.63, 3.8) is 0 Å². The van der Waals surface area contributed by atoms with Gasteiger partial charge in [-0.3, -0.25) is 4.79 Å². The fraction of sp³-hybridized carbons (Fsp3) is 0.111. The Morgan fingerprint density at radius 1 is 1.12 bits per heavy atom. The number of nitrogens with zero attached hydrogens (tertiary/aromatic N) is 1. The number of carbonyl (C=O) groups is 1. The Hall–Kier alpha value is -2.66. The number of aromatic nitrogens is 1. The van der Waals surface area contributed by atoms with Crippen LogP contribution in [0.2, 0.25) is 5.02 Å². The molecule has 0 atom stereocenters. The SMILES string of the molecule is O=C(Cc1ccc(F)cc1)OCc1cc(-c2ccc(Cl)cc2)on1. The van der Waals surface area contributed by atoms with Gasteiger partial charge in [-0.1, -0.05) is 28.9 Å². The Kier molecular flexibility index (Phi) is 4.91. The summed E-state index contributed by atoms with van der Waals surface area (Å²) in [6.07, 6.45) is 0.0716. The minimum absolute atomic E-state index is 0.0110. The summed E-state index contributed by atoms with van der Waals surface area (Å²) in [4.78, 5) is 11.8. The summed E-state index contributed by atoms with van der Waals surface area (Å²) in [7, 11) is 0. The van der Waals surface area contributed by atoms with E-state index in [1.54, 1.807) is 30.3 Å². The number of esters is 1. The molecule has 0 bridgehead atoms. The van der Waals surface area contributed by atoms with Crippen molar-refractivity contribution < 1.29 is 18.4 Å². The van der Waals surface area contributed by atoms with Crippen molar-refractivity contribution in [1.29, 1.82) is 0 Å². The van der Waals surface area contributed by atoms with E-state index in [0.29, 0.717) is 22.0 Å². The first-order valence-corrected chi connectivity index (χ1v) is 7.59. The van der Waals surface area contributed by atoms with Gasteiger partial charge in [-0.2, -0.15) is 0 Å². The van der Waals surface area contributed by atoms with Crippen LogP contribution in [0.25, 0.3) is 11.3 Å². The zero-order chi connectivity index (χ0) is 16.9. The van der Waals surface area contributed by atoms with Crippen molar-refractivity contribution in [3.05, 3.63) is 76.7 Å². The molecule has 0 unspecified atom stereocenters. The van der Waals surface area contributed by atoms with Crippen LogP contribution in [0, 0.1) is 5.82 Å². The molecule has 122 valence electrons. The van der Waals surface area contributed by atoms with Gasteiger partial charge in [-0.05, 0) is 42.0 Å². The van der Waals surface area contributed by atoms with Crippen LogP contribution in [0.1, 0.15) is 11.3 Å². The van der Waals surface area contributed by atoms with Gasteiger partial charge in [0.2, 0.25) is 0 Å². The fourth-order valence-corrected chi connectivity index (χ4v) is 2.23. The molecule has 0 fully saturated rings. The van der Waals surface area contributed by atoms with Gasteiger partial charge in [-0.15, -0.1) is 0 Å². The van der Waals surface area contributed by atoms with Crippen LogP contribution < -0.4 is 0 Å². The fourth-order valence-electron chi connectivity index (χ4n) is 2.10. The molecule has 0 radical (unpaired) electrons. The van der Waals surface area contributed by atoms with Gasteiger partial charge in [-0.25, -0.2) is 4.39 Å². The number of benzene rings is 2. The minimum atomic E-state index is -0.419. The van der Waals surface area contributed by atoms with Gasteiger partial charge in [0.1, 0.15) is 18.1 Å². The Morgan fingerprint density at radius 3 is 2.54 bits per heavy atom. The Balaban J connectivity index is 1.56. The Labute approximate surface area is 142 Å². The lowest BCUT2D eigenvalue weighted by Crippen LogP contribution is -2.08. The van der Waals surface area contributed by atoms with Gasteiger partial charge in [0, 0.05) is 16.7 Å². The van der Waals surface area contributed by atoms with E-state index in [1.807, 2.05) is 12.1 Å². The molecule has 0 N–H and O–H groups in total. The Bertz CT molecular complexity index is 828. The van der Waals surface area contributed by atoms with Gasteiger partial charge >= 0.3 is 5.97 Å². The van der Waals surface area contributed by atoms with E-state index >= 15 is 0 Å². The highest BCUT2D eigenvalue weighted by atomic mass is 35.5. The molecule has 3 aromatic rings. The number of hydrogen-bond donors (Lipinski definition) is 0. The lowest BCUT2D eigenvalue weighted by Gasteiger charge is -2.02. The molecule has 0 aliphatic rings. The molecule has 0 amide bonds. The average Bonchev–Trinajstić information content (AvgIpc) is 3.05. The van der Waals surface area contributed by atoms with Crippen molar-refractivity contribution in [2.24, 2.45) is 0 Å². The van der Waals surface area contributed by atoms with Crippen LogP contribution in [0.4, 0.5) is 4.39 Å². The highest BCUT2D eigenvalue weighted by Gasteiger charge is 2.10. The first kappa shape index (κ1) is 16.2. The molecule has 0 saturated heterocycles. The molecule has 4 nitrogen and oxygen atoms in total. The van der Waals surface area contributed by atoms with Crippen molar-refractivity contribution in [1.82, 2.24) is 5.16 Å². The van der Waals surface area contributed by atoms with E-state index in [0.717, 1.165) is 5.56 Å².